The van der Waals surface area contributed by atoms with Gasteiger partial charge in [-0.2, -0.15) is 4.31 Å². The van der Waals surface area contributed by atoms with Crippen molar-refractivity contribution in [3.8, 4) is 17.2 Å². The Bertz CT molecular complexity index is 1060. The van der Waals surface area contributed by atoms with Gasteiger partial charge in [-0.3, -0.25) is 4.79 Å². The zero-order valence-corrected chi connectivity index (χ0v) is 18.9. The van der Waals surface area contributed by atoms with Crippen molar-refractivity contribution in [2.24, 2.45) is 0 Å². The number of nitrogens with one attached hydrogen (secondary N) is 1. The van der Waals surface area contributed by atoms with Gasteiger partial charge in [-0.15, -0.1) is 0 Å². The molecule has 0 unspecified atom stereocenters. The lowest BCUT2D eigenvalue weighted by Gasteiger charge is -2.29. The summed E-state index contributed by atoms with van der Waals surface area (Å²) in [5.74, 6) is 0.0847. The van der Waals surface area contributed by atoms with Crippen LogP contribution in [0.4, 0.5) is 4.39 Å². The Labute approximate surface area is 187 Å². The maximum atomic E-state index is 13.5. The first-order chi connectivity index (χ1) is 15.3. The lowest BCUT2D eigenvalue weighted by atomic mass is 10.0. The Morgan fingerprint density at radius 2 is 1.78 bits per heavy atom. The van der Waals surface area contributed by atoms with Gasteiger partial charge in [0.05, 0.1) is 20.0 Å². The first-order valence-electron chi connectivity index (χ1n) is 10.2. The Kier molecular flexibility index (Phi) is 7.92. The second-order valence-electron chi connectivity index (χ2n) is 7.30. The normalized spacial score (nSPS) is 13.8. The molecule has 0 aromatic heterocycles. The number of rotatable bonds is 10. The molecule has 0 saturated heterocycles. The summed E-state index contributed by atoms with van der Waals surface area (Å²) in [6.45, 7) is 0.477. The van der Waals surface area contributed by atoms with Crippen molar-refractivity contribution in [1.82, 2.24) is 9.62 Å². The van der Waals surface area contributed by atoms with E-state index in [0.717, 1.165) is 11.1 Å². The van der Waals surface area contributed by atoms with E-state index in [9.17, 15) is 17.6 Å². The molecule has 0 aliphatic carbocycles. The number of carbonyl (C=O) groups is 1. The van der Waals surface area contributed by atoms with Crippen LogP contribution in [0, 0.1) is 5.82 Å². The third-order valence-corrected chi connectivity index (χ3v) is 7.08. The van der Waals surface area contributed by atoms with Gasteiger partial charge in [0.1, 0.15) is 0 Å². The van der Waals surface area contributed by atoms with Crippen LogP contribution in [0.1, 0.15) is 17.5 Å². The molecule has 0 bridgehead atoms. The summed E-state index contributed by atoms with van der Waals surface area (Å²) >= 11 is 0. The molecule has 1 aliphatic heterocycles. The van der Waals surface area contributed by atoms with E-state index < -0.39 is 21.7 Å². The van der Waals surface area contributed by atoms with Crippen LogP contribution in [0.3, 0.4) is 0 Å². The van der Waals surface area contributed by atoms with Crippen LogP contribution >= 0.6 is 0 Å². The van der Waals surface area contributed by atoms with E-state index in [0.29, 0.717) is 24.5 Å². The average molecular weight is 467 g/mol. The molecule has 1 aliphatic rings. The number of benzene rings is 2. The third kappa shape index (κ3) is 5.89. The van der Waals surface area contributed by atoms with Gasteiger partial charge in [-0.05, 0) is 48.2 Å². The van der Waals surface area contributed by atoms with E-state index >= 15 is 0 Å². The highest BCUT2D eigenvalue weighted by Gasteiger charge is 2.27. The minimum atomic E-state index is -3.49. The fourth-order valence-corrected chi connectivity index (χ4v) is 4.93. The molecule has 32 heavy (non-hydrogen) atoms. The lowest BCUT2D eigenvalue weighted by Crippen LogP contribution is -2.38. The number of fused-ring (bicyclic) bond motifs is 1. The number of methoxy groups -OCH3 is 2. The smallest absolute Gasteiger partial charge is 0.257 e. The third-order valence-electron chi connectivity index (χ3n) is 5.17. The number of ether oxygens (including phenoxy) is 3. The first kappa shape index (κ1) is 23.8. The summed E-state index contributed by atoms with van der Waals surface area (Å²) in [4.78, 5) is 11.9. The van der Waals surface area contributed by atoms with Gasteiger partial charge >= 0.3 is 0 Å². The van der Waals surface area contributed by atoms with Crippen molar-refractivity contribution in [3.63, 3.8) is 0 Å². The lowest BCUT2D eigenvalue weighted by molar-refractivity contribution is -0.123. The number of para-hydroxylation sites is 1. The number of sulfonamides is 1. The first-order valence-corrected chi connectivity index (χ1v) is 11.8. The molecule has 174 valence electrons. The van der Waals surface area contributed by atoms with Crippen molar-refractivity contribution < 1.29 is 31.8 Å². The molecule has 0 spiro atoms. The molecule has 0 radical (unpaired) electrons. The molecule has 2 aromatic carbocycles. The van der Waals surface area contributed by atoms with Crippen LogP contribution in [0.5, 0.6) is 17.2 Å². The minimum absolute atomic E-state index is 0.00939. The van der Waals surface area contributed by atoms with Crippen LogP contribution < -0.4 is 19.5 Å². The van der Waals surface area contributed by atoms with E-state index in [-0.39, 0.29) is 37.6 Å². The molecule has 0 saturated carbocycles. The maximum Gasteiger partial charge on any atom is 0.257 e. The van der Waals surface area contributed by atoms with Gasteiger partial charge in [0.2, 0.25) is 10.0 Å². The van der Waals surface area contributed by atoms with Crippen molar-refractivity contribution in [3.05, 3.63) is 53.3 Å². The van der Waals surface area contributed by atoms with Crippen molar-refractivity contribution in [2.75, 3.05) is 39.7 Å². The largest absolute Gasteiger partial charge is 0.493 e. The van der Waals surface area contributed by atoms with Gasteiger partial charge < -0.3 is 19.5 Å². The second-order valence-corrected chi connectivity index (χ2v) is 9.39. The van der Waals surface area contributed by atoms with E-state index in [1.54, 1.807) is 13.2 Å². The molecule has 2 aromatic rings. The molecular weight excluding hydrogens is 439 g/mol. The van der Waals surface area contributed by atoms with Gasteiger partial charge in [-0.25, -0.2) is 12.8 Å². The standard InChI is InChI=1S/C22H27FN2O6S/c1-29-20-12-16-8-10-25(14-17(16)13-21(20)30-2)32(27,28)11-5-9-24-22(26)15-31-19-7-4-3-6-18(19)23/h3-4,6-7,12-13H,5,8-11,14-15H2,1-2H3,(H,24,26). The highest BCUT2D eigenvalue weighted by molar-refractivity contribution is 7.89. The summed E-state index contributed by atoms with van der Waals surface area (Å²) in [6, 6.07) is 9.49. The van der Waals surface area contributed by atoms with Crippen LogP contribution in [0.25, 0.3) is 0 Å². The molecule has 10 heteroatoms. The molecule has 1 N–H and O–H groups in total. The number of hydrogen-bond donors (Lipinski definition) is 1. The van der Waals surface area contributed by atoms with E-state index in [1.165, 1.54) is 29.6 Å². The molecule has 1 amide bonds. The van der Waals surface area contributed by atoms with E-state index in [4.69, 9.17) is 14.2 Å². The fourth-order valence-electron chi connectivity index (χ4n) is 3.46. The highest BCUT2D eigenvalue weighted by atomic mass is 32.2. The molecule has 0 atom stereocenters. The Morgan fingerprint density at radius 3 is 2.47 bits per heavy atom. The predicted molar refractivity (Wildman–Crippen MR) is 117 cm³/mol. The Balaban J connectivity index is 1.46. The highest BCUT2D eigenvalue weighted by Crippen LogP contribution is 2.33. The van der Waals surface area contributed by atoms with Gasteiger partial charge in [0, 0.05) is 19.6 Å². The summed E-state index contributed by atoms with van der Waals surface area (Å²) in [7, 11) is -0.388. The topological polar surface area (TPSA) is 94.2 Å². The van der Waals surface area contributed by atoms with Gasteiger partial charge in [0.25, 0.3) is 5.91 Å². The number of amides is 1. The summed E-state index contributed by atoms with van der Waals surface area (Å²) in [5, 5.41) is 2.59. The van der Waals surface area contributed by atoms with Crippen molar-refractivity contribution in [1.29, 1.82) is 0 Å². The Hall–Kier alpha value is -2.85. The summed E-state index contributed by atoms with van der Waals surface area (Å²) < 4.78 is 56.2. The van der Waals surface area contributed by atoms with E-state index in [1.807, 2.05) is 12.1 Å². The van der Waals surface area contributed by atoms with Crippen molar-refractivity contribution in [2.45, 2.75) is 19.4 Å². The number of halogens is 1. The molecular formula is C22H27FN2O6S. The summed E-state index contributed by atoms with van der Waals surface area (Å²) in [6.07, 6.45) is 0.835. The zero-order valence-electron chi connectivity index (χ0n) is 18.1. The van der Waals surface area contributed by atoms with Gasteiger partial charge in [-0.1, -0.05) is 12.1 Å². The van der Waals surface area contributed by atoms with Crippen LogP contribution in [-0.2, 0) is 27.8 Å². The molecule has 3 rings (SSSR count). The SMILES string of the molecule is COc1cc2c(cc1OC)CN(S(=O)(=O)CCCNC(=O)COc1ccccc1F)CC2. The second kappa shape index (κ2) is 10.6. The summed E-state index contributed by atoms with van der Waals surface area (Å²) in [5.41, 5.74) is 1.92. The zero-order chi connectivity index (χ0) is 23.1. The number of hydrogen-bond acceptors (Lipinski definition) is 6. The molecule has 0 fully saturated rings. The monoisotopic (exact) mass is 466 g/mol. The molecule has 1 heterocycles. The Morgan fingerprint density at radius 1 is 1.09 bits per heavy atom. The molecule has 8 nitrogen and oxygen atoms in total. The number of carbonyl (C=O) groups excluding carboxylic acids is 1. The minimum Gasteiger partial charge on any atom is -0.493 e. The average Bonchev–Trinajstić information content (AvgIpc) is 2.80. The predicted octanol–water partition coefficient (Wildman–Crippen LogP) is 2.12. The van der Waals surface area contributed by atoms with Crippen LogP contribution in [0.2, 0.25) is 0 Å². The number of nitrogens with zero attached hydrogens (tertiary/aromatic N) is 1. The maximum absolute atomic E-state index is 13.5. The fraction of sp³-hybridized carbons (Fsp3) is 0.409. The van der Waals surface area contributed by atoms with Crippen LogP contribution in [-0.4, -0.2) is 58.3 Å². The quantitative estimate of drug-likeness (QED) is 0.539. The van der Waals surface area contributed by atoms with E-state index in [2.05, 4.69) is 5.32 Å². The van der Waals surface area contributed by atoms with Crippen LogP contribution in [0.15, 0.2) is 36.4 Å². The van der Waals surface area contributed by atoms with Gasteiger partial charge in [0.15, 0.2) is 29.7 Å². The van der Waals surface area contributed by atoms with Crippen molar-refractivity contribution >= 4 is 15.9 Å².